The number of aryl methyl sites for hydroxylation is 1. The normalized spacial score (nSPS) is 18.8. The largest absolute Gasteiger partial charge is 0.399 e. The van der Waals surface area contributed by atoms with E-state index in [0.29, 0.717) is 23.9 Å². The second kappa shape index (κ2) is 5.87. The number of amides is 1. The molecular weight excluding hydrogens is 228 g/mol. The van der Waals surface area contributed by atoms with E-state index in [0.717, 1.165) is 31.4 Å². The number of hydrogen-bond acceptors (Lipinski definition) is 3. The van der Waals surface area contributed by atoms with E-state index in [2.05, 4.69) is 5.32 Å². The average molecular weight is 248 g/mol. The Kier molecular flexibility index (Phi) is 4.20. The number of rotatable bonds is 4. The molecule has 1 aromatic carbocycles. The second-order valence-electron chi connectivity index (χ2n) is 4.81. The number of carbonyl (C=O) groups is 1. The van der Waals surface area contributed by atoms with Crippen LogP contribution in [0.1, 0.15) is 35.2 Å². The summed E-state index contributed by atoms with van der Waals surface area (Å²) in [6.07, 6.45) is 3.43. The van der Waals surface area contributed by atoms with Crippen LogP contribution in [0.3, 0.4) is 0 Å². The van der Waals surface area contributed by atoms with Crippen molar-refractivity contribution in [3.63, 3.8) is 0 Å². The molecule has 1 saturated heterocycles. The Hall–Kier alpha value is -1.55. The molecule has 4 nitrogen and oxygen atoms in total. The molecule has 1 heterocycles. The molecule has 1 unspecified atom stereocenters. The Bertz CT molecular complexity index is 406. The summed E-state index contributed by atoms with van der Waals surface area (Å²) in [4.78, 5) is 11.9. The quantitative estimate of drug-likeness (QED) is 0.800. The molecule has 1 fully saturated rings. The zero-order valence-electron chi connectivity index (χ0n) is 10.7. The Balaban J connectivity index is 1.83. The lowest BCUT2D eigenvalue weighted by Crippen LogP contribution is -2.27. The first-order chi connectivity index (χ1) is 8.65. The van der Waals surface area contributed by atoms with Crippen molar-refractivity contribution >= 4 is 11.6 Å². The molecule has 0 aromatic heterocycles. The molecular formula is C14H20N2O2. The number of ether oxygens (including phenoxy) is 1. The van der Waals surface area contributed by atoms with Gasteiger partial charge in [0.1, 0.15) is 0 Å². The zero-order valence-corrected chi connectivity index (χ0v) is 10.7. The van der Waals surface area contributed by atoms with E-state index in [9.17, 15) is 4.79 Å². The summed E-state index contributed by atoms with van der Waals surface area (Å²) < 4.78 is 5.51. The van der Waals surface area contributed by atoms with E-state index in [1.165, 1.54) is 0 Å². The van der Waals surface area contributed by atoms with Crippen molar-refractivity contribution in [1.29, 1.82) is 0 Å². The molecule has 0 saturated carbocycles. The Labute approximate surface area is 108 Å². The van der Waals surface area contributed by atoms with Crippen LogP contribution in [-0.2, 0) is 4.74 Å². The summed E-state index contributed by atoms with van der Waals surface area (Å²) >= 11 is 0. The van der Waals surface area contributed by atoms with Crippen molar-refractivity contribution in [2.24, 2.45) is 0 Å². The number of anilines is 1. The van der Waals surface area contributed by atoms with Crippen molar-refractivity contribution in [2.45, 2.75) is 32.3 Å². The van der Waals surface area contributed by atoms with Gasteiger partial charge in [-0.1, -0.05) is 0 Å². The van der Waals surface area contributed by atoms with Crippen molar-refractivity contribution in [1.82, 2.24) is 5.32 Å². The van der Waals surface area contributed by atoms with Gasteiger partial charge in [0.2, 0.25) is 0 Å². The van der Waals surface area contributed by atoms with Gasteiger partial charge in [-0.2, -0.15) is 0 Å². The molecule has 1 amide bonds. The van der Waals surface area contributed by atoms with Gasteiger partial charge in [0.05, 0.1) is 6.10 Å². The van der Waals surface area contributed by atoms with Crippen molar-refractivity contribution < 1.29 is 9.53 Å². The van der Waals surface area contributed by atoms with Crippen LogP contribution in [0.25, 0.3) is 0 Å². The van der Waals surface area contributed by atoms with Gasteiger partial charge in [0.15, 0.2) is 0 Å². The van der Waals surface area contributed by atoms with Crippen LogP contribution in [0.4, 0.5) is 5.69 Å². The molecule has 98 valence electrons. The molecule has 3 N–H and O–H groups in total. The minimum Gasteiger partial charge on any atom is -0.399 e. The molecule has 18 heavy (non-hydrogen) atoms. The standard InChI is InChI=1S/C14H20N2O2/c1-10-7-11(9-12(15)8-10)14(17)16-5-4-13-3-2-6-18-13/h7-9,13H,2-6,15H2,1H3,(H,16,17). The van der Waals surface area contributed by atoms with E-state index in [-0.39, 0.29) is 5.91 Å². The van der Waals surface area contributed by atoms with Crippen LogP contribution >= 0.6 is 0 Å². The first-order valence-corrected chi connectivity index (χ1v) is 6.42. The first-order valence-electron chi connectivity index (χ1n) is 6.42. The van der Waals surface area contributed by atoms with Crippen molar-refractivity contribution in [3.05, 3.63) is 29.3 Å². The number of hydrogen-bond donors (Lipinski definition) is 2. The van der Waals surface area contributed by atoms with Crippen LogP contribution < -0.4 is 11.1 Å². The molecule has 4 heteroatoms. The van der Waals surface area contributed by atoms with Gasteiger partial charge in [-0.05, 0) is 49.9 Å². The molecule has 0 spiro atoms. The Morgan fingerprint density at radius 3 is 3.00 bits per heavy atom. The summed E-state index contributed by atoms with van der Waals surface area (Å²) in [7, 11) is 0. The summed E-state index contributed by atoms with van der Waals surface area (Å²) in [5, 5.41) is 2.91. The third-order valence-corrected chi connectivity index (χ3v) is 3.14. The van der Waals surface area contributed by atoms with E-state index in [4.69, 9.17) is 10.5 Å². The third-order valence-electron chi connectivity index (χ3n) is 3.14. The van der Waals surface area contributed by atoms with E-state index >= 15 is 0 Å². The van der Waals surface area contributed by atoms with E-state index < -0.39 is 0 Å². The summed E-state index contributed by atoms with van der Waals surface area (Å²) in [6, 6.07) is 5.40. The first kappa shape index (κ1) is 12.9. The SMILES string of the molecule is Cc1cc(N)cc(C(=O)NCCC2CCCO2)c1. The second-order valence-corrected chi connectivity index (χ2v) is 4.81. The predicted octanol–water partition coefficient (Wildman–Crippen LogP) is 1.88. The van der Waals surface area contributed by atoms with Gasteiger partial charge in [0.25, 0.3) is 5.91 Å². The lowest BCUT2D eigenvalue weighted by molar-refractivity contribution is 0.0907. The highest BCUT2D eigenvalue weighted by Gasteiger charge is 2.15. The number of carbonyl (C=O) groups excluding carboxylic acids is 1. The summed E-state index contributed by atoms with van der Waals surface area (Å²) in [6.45, 7) is 3.43. The van der Waals surface area contributed by atoms with E-state index in [1.807, 2.05) is 19.1 Å². The van der Waals surface area contributed by atoms with Crippen LogP contribution in [0.2, 0.25) is 0 Å². The fourth-order valence-electron chi connectivity index (χ4n) is 2.26. The Morgan fingerprint density at radius 1 is 1.50 bits per heavy atom. The highest BCUT2D eigenvalue weighted by molar-refractivity contribution is 5.95. The summed E-state index contributed by atoms with van der Waals surface area (Å²) in [5.41, 5.74) is 7.97. The van der Waals surface area contributed by atoms with Gasteiger partial charge in [-0.25, -0.2) is 0 Å². The van der Waals surface area contributed by atoms with Gasteiger partial charge >= 0.3 is 0 Å². The highest BCUT2D eigenvalue weighted by atomic mass is 16.5. The minimum atomic E-state index is -0.0663. The molecule has 0 aliphatic carbocycles. The number of benzene rings is 1. The minimum absolute atomic E-state index is 0.0663. The molecule has 0 bridgehead atoms. The number of nitrogens with one attached hydrogen (secondary N) is 1. The lowest BCUT2D eigenvalue weighted by Gasteiger charge is -2.10. The average Bonchev–Trinajstić information content (AvgIpc) is 2.80. The zero-order chi connectivity index (χ0) is 13.0. The van der Waals surface area contributed by atoms with Crippen LogP contribution in [-0.4, -0.2) is 25.2 Å². The van der Waals surface area contributed by atoms with Gasteiger partial charge < -0.3 is 15.8 Å². The number of nitrogen functional groups attached to an aromatic ring is 1. The topological polar surface area (TPSA) is 64.4 Å². The Morgan fingerprint density at radius 2 is 2.33 bits per heavy atom. The highest BCUT2D eigenvalue weighted by Crippen LogP contribution is 2.15. The predicted molar refractivity (Wildman–Crippen MR) is 71.5 cm³/mol. The molecule has 1 aromatic rings. The van der Waals surface area contributed by atoms with Crippen LogP contribution in [0.15, 0.2) is 18.2 Å². The molecule has 2 rings (SSSR count). The smallest absolute Gasteiger partial charge is 0.251 e. The maximum atomic E-state index is 11.9. The number of nitrogens with two attached hydrogens (primary N) is 1. The maximum Gasteiger partial charge on any atom is 0.251 e. The molecule has 0 radical (unpaired) electrons. The van der Waals surface area contributed by atoms with Gasteiger partial charge in [-0.15, -0.1) is 0 Å². The fourth-order valence-corrected chi connectivity index (χ4v) is 2.26. The molecule has 1 atom stereocenters. The van der Waals surface area contributed by atoms with E-state index in [1.54, 1.807) is 6.07 Å². The van der Waals surface area contributed by atoms with Crippen molar-refractivity contribution in [2.75, 3.05) is 18.9 Å². The van der Waals surface area contributed by atoms with Gasteiger partial charge in [0, 0.05) is 24.4 Å². The van der Waals surface area contributed by atoms with Crippen LogP contribution in [0, 0.1) is 6.92 Å². The van der Waals surface area contributed by atoms with Crippen molar-refractivity contribution in [3.8, 4) is 0 Å². The maximum absolute atomic E-state index is 11.9. The van der Waals surface area contributed by atoms with Crippen LogP contribution in [0.5, 0.6) is 0 Å². The molecule has 1 aliphatic heterocycles. The van der Waals surface area contributed by atoms with Gasteiger partial charge in [-0.3, -0.25) is 4.79 Å². The molecule has 1 aliphatic rings. The lowest BCUT2D eigenvalue weighted by atomic mass is 10.1. The fraction of sp³-hybridized carbons (Fsp3) is 0.500. The summed E-state index contributed by atoms with van der Waals surface area (Å²) in [5.74, 6) is -0.0663. The monoisotopic (exact) mass is 248 g/mol. The third kappa shape index (κ3) is 3.47.